The summed E-state index contributed by atoms with van der Waals surface area (Å²) in [5, 5.41) is 9.32. The van der Waals surface area contributed by atoms with Crippen LogP contribution in [-0.4, -0.2) is 59.6 Å². The third-order valence-corrected chi connectivity index (χ3v) is 4.34. The second-order valence-corrected chi connectivity index (χ2v) is 6.25. The highest BCUT2D eigenvalue weighted by molar-refractivity contribution is 6.06. The van der Waals surface area contributed by atoms with Gasteiger partial charge in [-0.1, -0.05) is 6.08 Å². The van der Waals surface area contributed by atoms with E-state index in [1.165, 1.54) is 12.0 Å². The number of carbonyl (C=O) groups excluding carboxylic acids is 2. The molecule has 0 saturated carbocycles. The van der Waals surface area contributed by atoms with Crippen LogP contribution in [0.4, 0.5) is 4.79 Å². The van der Waals surface area contributed by atoms with Gasteiger partial charge in [0.05, 0.1) is 12.5 Å². The van der Waals surface area contributed by atoms with E-state index < -0.39 is 23.3 Å². The van der Waals surface area contributed by atoms with Crippen LogP contribution in [0.15, 0.2) is 36.9 Å². The van der Waals surface area contributed by atoms with Crippen molar-refractivity contribution in [1.82, 2.24) is 9.80 Å². The molecule has 3 amide bonds. The Bertz CT molecular complexity index is 685. The molecule has 0 unspecified atom stereocenters. The van der Waals surface area contributed by atoms with Gasteiger partial charge in [0.15, 0.2) is 0 Å². The number of carboxylic acid groups (broad SMARTS) is 1. The van der Waals surface area contributed by atoms with Crippen molar-refractivity contribution in [2.45, 2.75) is 13.3 Å². The van der Waals surface area contributed by atoms with Gasteiger partial charge in [0, 0.05) is 25.2 Å². The van der Waals surface area contributed by atoms with Gasteiger partial charge >= 0.3 is 6.09 Å². The molecule has 1 heterocycles. The molecule has 1 aromatic carbocycles. The van der Waals surface area contributed by atoms with Crippen LogP contribution in [0.1, 0.15) is 23.7 Å². The number of benzene rings is 1. The number of amides is 3. The zero-order chi connectivity index (χ0) is 18.6. The summed E-state index contributed by atoms with van der Waals surface area (Å²) in [6, 6.07) is 6.45. The molecule has 25 heavy (non-hydrogen) atoms. The van der Waals surface area contributed by atoms with Gasteiger partial charge in [-0.3, -0.25) is 14.5 Å². The summed E-state index contributed by atoms with van der Waals surface area (Å²) in [5.74, 6) is -0.237. The fraction of sp³-hybridized carbons (Fsp3) is 0.389. The summed E-state index contributed by atoms with van der Waals surface area (Å²) < 4.78 is 5.07. The minimum absolute atomic E-state index is 0.0166. The highest BCUT2D eigenvalue weighted by Crippen LogP contribution is 2.30. The number of imide groups is 1. The largest absolute Gasteiger partial charge is 0.497 e. The Hall–Kier alpha value is -2.83. The summed E-state index contributed by atoms with van der Waals surface area (Å²) in [6.07, 6.45) is 0.739. The Morgan fingerprint density at radius 3 is 2.48 bits per heavy atom. The first-order valence-electron chi connectivity index (χ1n) is 7.91. The normalized spacial score (nSPS) is 20.8. The Morgan fingerprint density at radius 2 is 1.96 bits per heavy atom. The molecule has 0 aromatic heterocycles. The van der Waals surface area contributed by atoms with Gasteiger partial charge in [0.25, 0.3) is 5.91 Å². The number of allylic oxidation sites excluding steroid dienone is 1. The average Bonchev–Trinajstić information content (AvgIpc) is 2.72. The smallest absolute Gasteiger partial charge is 0.407 e. The molecule has 1 aliphatic rings. The molecule has 0 aliphatic carbocycles. The maximum absolute atomic E-state index is 13.0. The van der Waals surface area contributed by atoms with E-state index in [-0.39, 0.29) is 26.1 Å². The van der Waals surface area contributed by atoms with Gasteiger partial charge < -0.3 is 14.7 Å². The van der Waals surface area contributed by atoms with Gasteiger partial charge in [-0.2, -0.15) is 0 Å². The fourth-order valence-electron chi connectivity index (χ4n) is 2.93. The number of hydrogen-bond acceptors (Lipinski definition) is 4. The lowest BCUT2D eigenvalue weighted by atomic mass is 9.84. The van der Waals surface area contributed by atoms with Crippen LogP contribution >= 0.6 is 0 Å². The number of carbonyl (C=O) groups is 3. The second kappa shape index (κ2) is 7.38. The third kappa shape index (κ3) is 3.81. The Kier molecular flexibility index (Phi) is 5.46. The van der Waals surface area contributed by atoms with Crippen LogP contribution in [0.25, 0.3) is 0 Å². The van der Waals surface area contributed by atoms with Gasteiger partial charge in [-0.15, -0.1) is 6.58 Å². The van der Waals surface area contributed by atoms with Crippen LogP contribution in [0.5, 0.6) is 5.75 Å². The van der Waals surface area contributed by atoms with Crippen molar-refractivity contribution in [1.29, 1.82) is 0 Å². The van der Waals surface area contributed by atoms with Gasteiger partial charge in [0.2, 0.25) is 5.91 Å². The van der Waals surface area contributed by atoms with Crippen LogP contribution in [-0.2, 0) is 4.79 Å². The van der Waals surface area contributed by atoms with Crippen molar-refractivity contribution < 1.29 is 24.2 Å². The Labute approximate surface area is 146 Å². The molecule has 7 heteroatoms. The number of methoxy groups -OCH3 is 1. The molecule has 1 atom stereocenters. The molecular weight excluding hydrogens is 324 g/mol. The molecule has 0 spiro atoms. The quantitative estimate of drug-likeness (QED) is 0.667. The van der Waals surface area contributed by atoms with Crippen molar-refractivity contribution in [3.05, 3.63) is 42.5 Å². The maximum atomic E-state index is 13.0. The van der Waals surface area contributed by atoms with E-state index in [1.54, 1.807) is 37.3 Å². The van der Waals surface area contributed by atoms with Gasteiger partial charge in [-0.05, 0) is 37.6 Å². The summed E-state index contributed by atoms with van der Waals surface area (Å²) in [5.41, 5.74) is -0.683. The second-order valence-electron chi connectivity index (χ2n) is 6.25. The van der Waals surface area contributed by atoms with Crippen LogP contribution in [0, 0.1) is 5.41 Å². The number of ether oxygens (including phenoxy) is 1. The predicted molar refractivity (Wildman–Crippen MR) is 91.6 cm³/mol. The summed E-state index contributed by atoms with van der Waals surface area (Å²) in [4.78, 5) is 39.5. The van der Waals surface area contributed by atoms with Gasteiger partial charge in [-0.25, -0.2) is 4.79 Å². The fourth-order valence-corrected chi connectivity index (χ4v) is 2.93. The van der Waals surface area contributed by atoms with E-state index in [0.717, 1.165) is 4.90 Å². The van der Waals surface area contributed by atoms with E-state index in [2.05, 4.69) is 6.58 Å². The third-order valence-electron chi connectivity index (χ3n) is 4.34. The van der Waals surface area contributed by atoms with E-state index in [4.69, 9.17) is 4.74 Å². The van der Waals surface area contributed by atoms with Crippen LogP contribution in [0.3, 0.4) is 0 Å². The summed E-state index contributed by atoms with van der Waals surface area (Å²) in [7, 11) is 1.52. The van der Waals surface area contributed by atoms with Crippen molar-refractivity contribution in [2.24, 2.45) is 5.41 Å². The monoisotopic (exact) mass is 346 g/mol. The highest BCUT2D eigenvalue weighted by Gasteiger charge is 2.43. The predicted octanol–water partition coefficient (Wildman–Crippen LogP) is 2.24. The van der Waals surface area contributed by atoms with Crippen molar-refractivity contribution in [2.75, 3.05) is 26.7 Å². The molecule has 7 nitrogen and oxygen atoms in total. The van der Waals surface area contributed by atoms with E-state index in [9.17, 15) is 19.5 Å². The summed E-state index contributed by atoms with van der Waals surface area (Å²) in [6.45, 7) is 5.43. The van der Waals surface area contributed by atoms with E-state index >= 15 is 0 Å². The zero-order valence-corrected chi connectivity index (χ0v) is 14.4. The summed E-state index contributed by atoms with van der Waals surface area (Å²) >= 11 is 0. The number of nitrogens with zero attached hydrogens (tertiary/aromatic N) is 2. The Morgan fingerprint density at radius 1 is 1.32 bits per heavy atom. The first-order valence-corrected chi connectivity index (χ1v) is 7.91. The molecule has 1 aromatic rings. The molecule has 1 aliphatic heterocycles. The molecule has 2 rings (SSSR count). The highest BCUT2D eigenvalue weighted by atomic mass is 16.5. The van der Waals surface area contributed by atoms with Gasteiger partial charge in [0.1, 0.15) is 5.75 Å². The minimum Gasteiger partial charge on any atom is -0.497 e. The molecule has 134 valence electrons. The molecular formula is C18H22N2O5. The lowest BCUT2D eigenvalue weighted by molar-refractivity contribution is -0.137. The van der Waals surface area contributed by atoms with Crippen LogP contribution < -0.4 is 4.74 Å². The molecule has 1 saturated heterocycles. The van der Waals surface area contributed by atoms with Crippen LogP contribution in [0.2, 0.25) is 0 Å². The lowest BCUT2D eigenvalue weighted by Crippen LogP contribution is -2.46. The average molecular weight is 346 g/mol. The van der Waals surface area contributed by atoms with Crippen molar-refractivity contribution >= 4 is 17.9 Å². The van der Waals surface area contributed by atoms with Crippen molar-refractivity contribution in [3.8, 4) is 5.75 Å². The van der Waals surface area contributed by atoms with Crippen molar-refractivity contribution in [3.63, 3.8) is 0 Å². The standard InChI is InChI=1S/C18H22N2O5/c1-4-9-18(2)12-19(17(23)24)10-11-20(16(18)22)15(21)13-5-7-14(25-3)8-6-13/h4-8H,1,9-12H2,2-3H3,(H,23,24)/t18-/m1/s1. The number of rotatable bonds is 4. The first-order chi connectivity index (χ1) is 11.8. The SMILES string of the molecule is C=CC[C@]1(C)CN(C(=O)O)CCN(C(=O)c2ccc(OC)cc2)C1=O. The Balaban J connectivity index is 2.34. The maximum Gasteiger partial charge on any atom is 0.407 e. The number of hydrogen-bond donors (Lipinski definition) is 1. The zero-order valence-electron chi connectivity index (χ0n) is 14.4. The molecule has 1 N–H and O–H groups in total. The molecule has 0 radical (unpaired) electrons. The molecule has 0 bridgehead atoms. The first kappa shape index (κ1) is 18.5. The minimum atomic E-state index is -1.11. The topological polar surface area (TPSA) is 87.2 Å². The lowest BCUT2D eigenvalue weighted by Gasteiger charge is -2.30. The van der Waals surface area contributed by atoms with E-state index in [0.29, 0.717) is 11.3 Å². The molecule has 1 fully saturated rings. The van der Waals surface area contributed by atoms with E-state index in [1.807, 2.05) is 0 Å².